The van der Waals surface area contributed by atoms with Gasteiger partial charge in [-0.1, -0.05) is 6.07 Å². The highest BCUT2D eigenvalue weighted by Crippen LogP contribution is 2.19. The number of aromatic nitrogens is 4. The minimum atomic E-state index is 0.512. The molecule has 3 aromatic rings. The molecule has 0 saturated carbocycles. The lowest BCUT2D eigenvalue weighted by atomic mass is 10.1. The third kappa shape index (κ3) is 3.66. The van der Waals surface area contributed by atoms with Crippen molar-refractivity contribution in [1.29, 1.82) is 0 Å². The molecule has 0 unspecified atom stereocenters. The van der Waals surface area contributed by atoms with Crippen molar-refractivity contribution in [2.24, 2.45) is 0 Å². The second-order valence-electron chi connectivity index (χ2n) is 4.97. The molecule has 6 heteroatoms. The van der Waals surface area contributed by atoms with E-state index in [1.165, 1.54) is 5.56 Å². The predicted octanol–water partition coefficient (Wildman–Crippen LogP) is 2.88. The van der Waals surface area contributed by atoms with Gasteiger partial charge in [-0.15, -0.1) is 5.10 Å². The Morgan fingerprint density at radius 3 is 2.91 bits per heavy atom. The van der Waals surface area contributed by atoms with Crippen molar-refractivity contribution in [3.63, 3.8) is 0 Å². The summed E-state index contributed by atoms with van der Waals surface area (Å²) in [5.74, 6) is 2.06. The van der Waals surface area contributed by atoms with Crippen LogP contribution in [0.4, 0.5) is 5.95 Å². The molecule has 3 heterocycles. The van der Waals surface area contributed by atoms with Crippen LogP contribution in [-0.4, -0.2) is 26.7 Å². The molecule has 22 heavy (non-hydrogen) atoms. The van der Waals surface area contributed by atoms with Gasteiger partial charge in [-0.25, -0.2) is 4.98 Å². The Morgan fingerprint density at radius 2 is 2.14 bits per heavy atom. The molecule has 0 aliphatic carbocycles. The molecule has 3 rings (SSSR count). The highest BCUT2D eigenvalue weighted by molar-refractivity contribution is 5.52. The lowest BCUT2D eigenvalue weighted by molar-refractivity contribution is 0.545. The van der Waals surface area contributed by atoms with Crippen molar-refractivity contribution in [2.45, 2.75) is 19.8 Å². The SMILES string of the molecule is Cc1ccc(-c2cnnc(NCCCc3cccnc3)n2)o1. The van der Waals surface area contributed by atoms with Crippen LogP contribution >= 0.6 is 0 Å². The highest BCUT2D eigenvalue weighted by atomic mass is 16.3. The maximum atomic E-state index is 5.54. The van der Waals surface area contributed by atoms with Crippen LogP contribution in [0.3, 0.4) is 0 Å². The average Bonchev–Trinajstić information content (AvgIpc) is 3.00. The number of aryl methyl sites for hydroxylation is 2. The zero-order chi connectivity index (χ0) is 15.2. The van der Waals surface area contributed by atoms with Crippen LogP contribution in [0, 0.1) is 6.92 Å². The van der Waals surface area contributed by atoms with Crippen LogP contribution in [0.1, 0.15) is 17.7 Å². The van der Waals surface area contributed by atoms with E-state index in [0.717, 1.165) is 25.1 Å². The third-order valence-electron chi connectivity index (χ3n) is 3.20. The molecule has 0 amide bonds. The molecule has 0 bridgehead atoms. The third-order valence-corrected chi connectivity index (χ3v) is 3.20. The number of anilines is 1. The van der Waals surface area contributed by atoms with Crippen LogP contribution in [0.5, 0.6) is 0 Å². The van der Waals surface area contributed by atoms with Crippen molar-refractivity contribution < 1.29 is 4.42 Å². The first kappa shape index (κ1) is 14.2. The van der Waals surface area contributed by atoms with Gasteiger partial charge in [0.25, 0.3) is 0 Å². The van der Waals surface area contributed by atoms with Gasteiger partial charge >= 0.3 is 0 Å². The molecule has 0 radical (unpaired) electrons. The molecule has 3 aromatic heterocycles. The van der Waals surface area contributed by atoms with Gasteiger partial charge in [0.05, 0.1) is 6.20 Å². The van der Waals surface area contributed by atoms with E-state index in [1.807, 2.05) is 31.3 Å². The average molecular weight is 295 g/mol. The summed E-state index contributed by atoms with van der Waals surface area (Å²) < 4.78 is 5.54. The number of nitrogens with zero attached hydrogens (tertiary/aromatic N) is 4. The number of hydrogen-bond acceptors (Lipinski definition) is 6. The van der Waals surface area contributed by atoms with Crippen LogP contribution < -0.4 is 5.32 Å². The Hall–Kier alpha value is -2.76. The van der Waals surface area contributed by atoms with Crippen LogP contribution in [-0.2, 0) is 6.42 Å². The van der Waals surface area contributed by atoms with Crippen molar-refractivity contribution in [3.8, 4) is 11.5 Å². The molecule has 0 aliphatic rings. The van der Waals surface area contributed by atoms with Gasteiger partial charge in [0.15, 0.2) is 5.76 Å². The standard InChI is InChI=1S/C16H17N5O/c1-12-6-7-15(22-12)14-11-19-21-16(20-14)18-9-3-5-13-4-2-8-17-10-13/h2,4,6-8,10-11H,3,5,9H2,1H3,(H,18,20,21). The van der Waals surface area contributed by atoms with Crippen LogP contribution in [0.2, 0.25) is 0 Å². The fourth-order valence-electron chi connectivity index (χ4n) is 2.11. The molecule has 112 valence electrons. The summed E-state index contributed by atoms with van der Waals surface area (Å²) in [4.78, 5) is 8.51. The second-order valence-corrected chi connectivity index (χ2v) is 4.97. The lowest BCUT2D eigenvalue weighted by Crippen LogP contribution is -2.07. The van der Waals surface area contributed by atoms with E-state index in [-0.39, 0.29) is 0 Å². The first-order valence-corrected chi connectivity index (χ1v) is 7.20. The Morgan fingerprint density at radius 1 is 1.18 bits per heavy atom. The Kier molecular flexibility index (Phi) is 4.38. The molecule has 0 spiro atoms. The van der Waals surface area contributed by atoms with Gasteiger partial charge < -0.3 is 9.73 Å². The molecule has 0 aliphatic heterocycles. The Labute approximate surface area is 128 Å². The van der Waals surface area contributed by atoms with Gasteiger partial charge in [-0.2, -0.15) is 5.10 Å². The molecule has 0 fully saturated rings. The number of pyridine rings is 1. The van der Waals surface area contributed by atoms with E-state index >= 15 is 0 Å². The smallest absolute Gasteiger partial charge is 0.243 e. The summed E-state index contributed by atoms with van der Waals surface area (Å²) in [5, 5.41) is 11.1. The molecular weight excluding hydrogens is 278 g/mol. The van der Waals surface area contributed by atoms with E-state index in [0.29, 0.717) is 17.4 Å². The molecular formula is C16H17N5O. The van der Waals surface area contributed by atoms with E-state index in [9.17, 15) is 0 Å². The summed E-state index contributed by atoms with van der Waals surface area (Å²) in [7, 11) is 0. The minimum absolute atomic E-state index is 0.512. The summed E-state index contributed by atoms with van der Waals surface area (Å²) in [6, 6.07) is 7.81. The topological polar surface area (TPSA) is 76.7 Å². The first-order chi connectivity index (χ1) is 10.8. The Bertz CT molecular complexity index is 726. The van der Waals surface area contributed by atoms with Crippen LogP contribution in [0.25, 0.3) is 11.5 Å². The van der Waals surface area contributed by atoms with E-state index < -0.39 is 0 Å². The summed E-state index contributed by atoms with van der Waals surface area (Å²) in [6.45, 7) is 2.67. The molecule has 0 aromatic carbocycles. The number of nitrogens with one attached hydrogen (secondary N) is 1. The van der Waals surface area contributed by atoms with Crippen LogP contribution in [0.15, 0.2) is 47.3 Å². The molecule has 1 N–H and O–H groups in total. The number of furan rings is 1. The van der Waals surface area contributed by atoms with Crippen molar-refractivity contribution in [1.82, 2.24) is 20.2 Å². The summed E-state index contributed by atoms with van der Waals surface area (Å²) in [6.07, 6.45) is 7.20. The first-order valence-electron chi connectivity index (χ1n) is 7.20. The Balaban J connectivity index is 1.55. The fourth-order valence-corrected chi connectivity index (χ4v) is 2.11. The monoisotopic (exact) mass is 295 g/mol. The lowest BCUT2D eigenvalue weighted by Gasteiger charge is -2.05. The minimum Gasteiger partial charge on any atom is -0.460 e. The zero-order valence-electron chi connectivity index (χ0n) is 12.4. The van der Waals surface area contributed by atoms with Crippen molar-refractivity contribution in [2.75, 3.05) is 11.9 Å². The van der Waals surface area contributed by atoms with Gasteiger partial charge in [0.1, 0.15) is 11.5 Å². The maximum absolute atomic E-state index is 5.54. The van der Waals surface area contributed by atoms with Gasteiger partial charge in [0, 0.05) is 18.9 Å². The van der Waals surface area contributed by atoms with Crippen molar-refractivity contribution >= 4 is 5.95 Å². The van der Waals surface area contributed by atoms with Crippen molar-refractivity contribution in [3.05, 3.63) is 54.2 Å². The molecule has 0 atom stereocenters. The van der Waals surface area contributed by atoms with Gasteiger partial charge in [-0.3, -0.25) is 4.98 Å². The van der Waals surface area contributed by atoms with Gasteiger partial charge in [0.2, 0.25) is 5.95 Å². The normalized spacial score (nSPS) is 10.6. The van der Waals surface area contributed by atoms with E-state index in [2.05, 4.69) is 31.5 Å². The van der Waals surface area contributed by atoms with Gasteiger partial charge in [-0.05, 0) is 43.5 Å². The maximum Gasteiger partial charge on any atom is 0.243 e. The highest BCUT2D eigenvalue weighted by Gasteiger charge is 2.06. The second kappa shape index (κ2) is 6.80. The largest absolute Gasteiger partial charge is 0.460 e. The van der Waals surface area contributed by atoms with E-state index in [4.69, 9.17) is 4.42 Å². The number of rotatable bonds is 6. The zero-order valence-corrected chi connectivity index (χ0v) is 12.4. The summed E-state index contributed by atoms with van der Waals surface area (Å²) >= 11 is 0. The predicted molar refractivity (Wildman–Crippen MR) is 83.3 cm³/mol. The fraction of sp³-hybridized carbons (Fsp3) is 0.250. The number of hydrogen-bond donors (Lipinski definition) is 1. The van der Waals surface area contributed by atoms with E-state index in [1.54, 1.807) is 12.4 Å². The summed E-state index contributed by atoms with van der Waals surface area (Å²) in [5.41, 5.74) is 1.90. The molecule has 6 nitrogen and oxygen atoms in total. The quantitative estimate of drug-likeness (QED) is 0.705. The molecule has 0 saturated heterocycles.